The van der Waals surface area contributed by atoms with Crippen LogP contribution in [0.15, 0.2) is 34.4 Å². The molecule has 0 unspecified atom stereocenters. The van der Waals surface area contributed by atoms with Crippen molar-refractivity contribution in [3.8, 4) is 0 Å². The van der Waals surface area contributed by atoms with Gasteiger partial charge in [0.2, 0.25) is 0 Å². The highest BCUT2D eigenvalue weighted by Gasteiger charge is 2.03. The fraction of sp³-hybridized carbons (Fsp3) is 0.250. The number of hydrazine groups is 1. The Kier molecular flexibility index (Phi) is 6.01. The van der Waals surface area contributed by atoms with Crippen LogP contribution < -0.4 is 16.2 Å². The SMILES string of the molecule is CC=C(C)NNC(=O)CNc1ccc(Cl)cc1Br. The lowest BCUT2D eigenvalue weighted by Gasteiger charge is -2.11. The van der Waals surface area contributed by atoms with Gasteiger partial charge in [-0.25, -0.2) is 0 Å². The van der Waals surface area contributed by atoms with Crippen LogP contribution in [0.25, 0.3) is 0 Å². The van der Waals surface area contributed by atoms with E-state index in [1.807, 2.05) is 26.0 Å². The van der Waals surface area contributed by atoms with Gasteiger partial charge >= 0.3 is 0 Å². The molecule has 1 amide bonds. The molecule has 3 N–H and O–H groups in total. The van der Waals surface area contributed by atoms with Crippen LogP contribution in [0, 0.1) is 0 Å². The fourth-order valence-electron chi connectivity index (χ4n) is 1.09. The van der Waals surface area contributed by atoms with Crippen molar-refractivity contribution in [1.82, 2.24) is 10.9 Å². The summed E-state index contributed by atoms with van der Waals surface area (Å²) >= 11 is 9.19. The molecule has 98 valence electrons. The fourth-order valence-corrected chi connectivity index (χ4v) is 1.92. The maximum atomic E-state index is 11.5. The molecule has 1 aromatic rings. The Morgan fingerprint density at radius 1 is 1.44 bits per heavy atom. The molecule has 0 aliphatic carbocycles. The number of benzene rings is 1. The first kappa shape index (κ1) is 14.9. The number of hydrogen-bond donors (Lipinski definition) is 3. The summed E-state index contributed by atoms with van der Waals surface area (Å²) in [7, 11) is 0. The molecule has 0 bridgehead atoms. The van der Waals surface area contributed by atoms with Gasteiger partial charge in [0, 0.05) is 20.9 Å². The number of rotatable bonds is 5. The first-order valence-electron chi connectivity index (χ1n) is 5.39. The van der Waals surface area contributed by atoms with Gasteiger partial charge in [0.05, 0.1) is 6.54 Å². The Hall–Kier alpha value is -1.20. The van der Waals surface area contributed by atoms with E-state index in [1.54, 1.807) is 12.1 Å². The lowest BCUT2D eigenvalue weighted by Crippen LogP contribution is -2.39. The van der Waals surface area contributed by atoms with Gasteiger partial charge in [-0.1, -0.05) is 17.7 Å². The number of nitrogens with one attached hydrogen (secondary N) is 3. The van der Waals surface area contributed by atoms with Crippen LogP contribution in [0.3, 0.4) is 0 Å². The third-order valence-corrected chi connectivity index (χ3v) is 3.09. The Labute approximate surface area is 120 Å². The molecule has 0 aliphatic rings. The van der Waals surface area contributed by atoms with Gasteiger partial charge in [0.15, 0.2) is 0 Å². The number of halogens is 2. The highest BCUT2D eigenvalue weighted by atomic mass is 79.9. The first-order chi connectivity index (χ1) is 8.52. The molecule has 6 heteroatoms. The molecule has 0 aliphatic heterocycles. The summed E-state index contributed by atoms with van der Waals surface area (Å²) in [6, 6.07) is 5.34. The minimum Gasteiger partial charge on any atom is -0.375 e. The molecule has 0 spiro atoms. The molecule has 1 aromatic carbocycles. The van der Waals surface area contributed by atoms with Gasteiger partial charge in [-0.05, 0) is 48.0 Å². The lowest BCUT2D eigenvalue weighted by atomic mass is 10.3. The predicted octanol–water partition coefficient (Wildman–Crippen LogP) is 3.06. The zero-order chi connectivity index (χ0) is 13.5. The largest absolute Gasteiger partial charge is 0.375 e. The number of amides is 1. The molecule has 18 heavy (non-hydrogen) atoms. The topological polar surface area (TPSA) is 53.2 Å². The van der Waals surface area contributed by atoms with Gasteiger partial charge in [0.25, 0.3) is 5.91 Å². The quantitative estimate of drug-likeness (QED) is 0.726. The molecule has 0 radical (unpaired) electrons. The summed E-state index contributed by atoms with van der Waals surface area (Å²) < 4.78 is 0.820. The second-order valence-electron chi connectivity index (χ2n) is 3.62. The van der Waals surface area contributed by atoms with E-state index in [1.165, 1.54) is 0 Å². The van der Waals surface area contributed by atoms with Gasteiger partial charge in [-0.2, -0.15) is 0 Å². The summed E-state index contributed by atoms with van der Waals surface area (Å²) in [6.45, 7) is 3.92. The van der Waals surface area contributed by atoms with E-state index in [4.69, 9.17) is 11.6 Å². The maximum Gasteiger partial charge on any atom is 0.257 e. The Morgan fingerprint density at radius 2 is 2.17 bits per heavy atom. The van der Waals surface area contributed by atoms with Gasteiger partial charge in [-0.15, -0.1) is 0 Å². The third-order valence-electron chi connectivity index (χ3n) is 2.20. The number of carbonyl (C=O) groups is 1. The highest BCUT2D eigenvalue weighted by Crippen LogP contribution is 2.25. The van der Waals surface area contributed by atoms with Crippen molar-refractivity contribution < 1.29 is 4.79 Å². The molecular weight excluding hydrogens is 318 g/mol. The Balaban J connectivity index is 2.43. The minimum atomic E-state index is -0.155. The maximum absolute atomic E-state index is 11.5. The van der Waals surface area contributed by atoms with Crippen LogP contribution in [0.2, 0.25) is 5.02 Å². The van der Waals surface area contributed by atoms with Crippen molar-refractivity contribution in [1.29, 1.82) is 0 Å². The van der Waals surface area contributed by atoms with Crippen LogP contribution >= 0.6 is 27.5 Å². The summed E-state index contributed by atoms with van der Waals surface area (Å²) in [6.07, 6.45) is 1.86. The smallest absolute Gasteiger partial charge is 0.257 e. The summed E-state index contributed by atoms with van der Waals surface area (Å²) in [5.74, 6) is -0.155. The average molecular weight is 333 g/mol. The minimum absolute atomic E-state index is 0.155. The van der Waals surface area contributed by atoms with Crippen LogP contribution in [0.4, 0.5) is 5.69 Å². The van der Waals surface area contributed by atoms with E-state index < -0.39 is 0 Å². The zero-order valence-electron chi connectivity index (χ0n) is 10.2. The second-order valence-corrected chi connectivity index (χ2v) is 4.91. The van der Waals surface area contributed by atoms with Crippen LogP contribution in [0.1, 0.15) is 13.8 Å². The summed E-state index contributed by atoms with van der Waals surface area (Å²) in [5.41, 5.74) is 7.06. The molecule has 0 heterocycles. The van der Waals surface area contributed by atoms with E-state index >= 15 is 0 Å². The molecule has 0 fully saturated rings. The van der Waals surface area contributed by atoms with Crippen molar-refractivity contribution in [3.63, 3.8) is 0 Å². The Bertz CT molecular complexity index is 463. The molecule has 1 rings (SSSR count). The summed E-state index contributed by atoms with van der Waals surface area (Å²) in [5, 5.41) is 3.65. The third kappa shape index (κ3) is 4.98. The van der Waals surface area contributed by atoms with Gasteiger partial charge in [0.1, 0.15) is 0 Å². The van der Waals surface area contributed by atoms with Crippen molar-refractivity contribution in [2.75, 3.05) is 11.9 Å². The first-order valence-corrected chi connectivity index (χ1v) is 6.56. The lowest BCUT2D eigenvalue weighted by molar-refractivity contribution is -0.120. The number of hydrogen-bond acceptors (Lipinski definition) is 3. The zero-order valence-corrected chi connectivity index (χ0v) is 12.5. The molecule has 0 saturated heterocycles. The second kappa shape index (κ2) is 7.28. The number of carbonyl (C=O) groups excluding carboxylic acids is 1. The van der Waals surface area contributed by atoms with Gasteiger partial charge < -0.3 is 10.7 Å². The normalized spacial score (nSPS) is 11.0. The van der Waals surface area contributed by atoms with Crippen LogP contribution in [-0.4, -0.2) is 12.5 Å². The molecule has 0 aromatic heterocycles. The van der Waals surface area contributed by atoms with Crippen LogP contribution in [0.5, 0.6) is 0 Å². The summed E-state index contributed by atoms with van der Waals surface area (Å²) in [4.78, 5) is 11.5. The van der Waals surface area contributed by atoms with E-state index in [9.17, 15) is 4.79 Å². The monoisotopic (exact) mass is 331 g/mol. The van der Waals surface area contributed by atoms with E-state index in [2.05, 4.69) is 32.1 Å². The standard InChI is InChI=1S/C12H15BrClN3O/c1-3-8(2)16-17-12(18)7-15-11-5-4-9(14)6-10(11)13/h3-6,15-16H,7H2,1-2H3,(H,17,18). The van der Waals surface area contributed by atoms with Crippen molar-refractivity contribution in [2.24, 2.45) is 0 Å². The van der Waals surface area contributed by atoms with E-state index in [-0.39, 0.29) is 12.5 Å². The van der Waals surface area contributed by atoms with Crippen molar-refractivity contribution in [3.05, 3.63) is 39.5 Å². The molecule has 0 atom stereocenters. The van der Waals surface area contributed by atoms with Crippen molar-refractivity contribution in [2.45, 2.75) is 13.8 Å². The molecule has 0 saturated carbocycles. The predicted molar refractivity (Wildman–Crippen MR) is 78.4 cm³/mol. The van der Waals surface area contributed by atoms with Gasteiger partial charge in [-0.3, -0.25) is 10.2 Å². The average Bonchev–Trinajstić information content (AvgIpc) is 2.34. The van der Waals surface area contributed by atoms with Crippen LogP contribution in [-0.2, 0) is 4.79 Å². The number of anilines is 1. The Morgan fingerprint density at radius 3 is 2.78 bits per heavy atom. The van der Waals surface area contributed by atoms with E-state index in [0.717, 1.165) is 15.9 Å². The van der Waals surface area contributed by atoms with E-state index in [0.29, 0.717) is 5.02 Å². The molecular formula is C12H15BrClN3O. The van der Waals surface area contributed by atoms with Crippen molar-refractivity contribution >= 4 is 39.1 Å². The molecule has 4 nitrogen and oxygen atoms in total. The highest BCUT2D eigenvalue weighted by molar-refractivity contribution is 9.10. The number of allylic oxidation sites excluding steroid dienone is 2.